The largest absolute Gasteiger partial charge is 1.00 e. The third-order valence-electron chi connectivity index (χ3n) is 0.702. The SMILES string of the molecule is C=COCCCC=O.[H-].[Na+]. The Labute approximate surface area is 79.0 Å². The van der Waals surface area contributed by atoms with Gasteiger partial charge in [-0.25, -0.2) is 0 Å². The van der Waals surface area contributed by atoms with Crippen molar-refractivity contribution in [2.24, 2.45) is 0 Å². The fourth-order valence-electron chi connectivity index (χ4n) is 0.333. The van der Waals surface area contributed by atoms with E-state index in [0.717, 1.165) is 12.7 Å². The number of unbranched alkanes of at least 4 members (excludes halogenated alkanes) is 1. The van der Waals surface area contributed by atoms with Crippen LogP contribution in [-0.4, -0.2) is 12.9 Å². The Morgan fingerprint density at radius 3 is 2.78 bits per heavy atom. The predicted octanol–water partition coefficient (Wildman–Crippen LogP) is -1.76. The van der Waals surface area contributed by atoms with Gasteiger partial charge in [-0.05, 0) is 6.42 Å². The maximum atomic E-state index is 9.69. The molecular formula is C6H11NaO2. The van der Waals surface area contributed by atoms with Crippen molar-refractivity contribution in [3.05, 3.63) is 12.8 Å². The number of ether oxygens (including phenoxy) is 1. The van der Waals surface area contributed by atoms with Gasteiger partial charge in [0.15, 0.2) is 0 Å². The van der Waals surface area contributed by atoms with E-state index in [1.807, 2.05) is 0 Å². The molecule has 9 heavy (non-hydrogen) atoms. The number of hydrogen-bond donors (Lipinski definition) is 0. The minimum Gasteiger partial charge on any atom is -1.00 e. The van der Waals surface area contributed by atoms with Crippen LogP contribution in [0.15, 0.2) is 12.8 Å². The number of carbonyl (C=O) groups is 1. The summed E-state index contributed by atoms with van der Waals surface area (Å²) in [5.41, 5.74) is 0. The molecule has 0 rings (SSSR count). The predicted molar refractivity (Wildman–Crippen MR) is 32.6 cm³/mol. The van der Waals surface area contributed by atoms with Crippen LogP contribution in [0.3, 0.4) is 0 Å². The summed E-state index contributed by atoms with van der Waals surface area (Å²) in [7, 11) is 0. The van der Waals surface area contributed by atoms with Crippen molar-refractivity contribution in [2.45, 2.75) is 12.8 Å². The number of hydrogen-bond acceptors (Lipinski definition) is 2. The fourth-order valence-corrected chi connectivity index (χ4v) is 0.333. The minimum absolute atomic E-state index is 0. The summed E-state index contributed by atoms with van der Waals surface area (Å²) in [4.78, 5) is 9.69. The van der Waals surface area contributed by atoms with Crippen molar-refractivity contribution >= 4 is 6.29 Å². The Bertz CT molecular complexity index is 68.1. The molecule has 0 radical (unpaired) electrons. The summed E-state index contributed by atoms with van der Waals surface area (Å²) in [6.45, 7) is 3.95. The van der Waals surface area contributed by atoms with E-state index in [4.69, 9.17) is 4.74 Å². The van der Waals surface area contributed by atoms with Gasteiger partial charge < -0.3 is 11.0 Å². The average Bonchev–Trinajstić information content (AvgIpc) is 1.81. The Kier molecular flexibility index (Phi) is 14.7. The van der Waals surface area contributed by atoms with E-state index in [1.54, 1.807) is 0 Å². The monoisotopic (exact) mass is 138 g/mol. The van der Waals surface area contributed by atoms with Crippen molar-refractivity contribution in [2.75, 3.05) is 6.61 Å². The van der Waals surface area contributed by atoms with Crippen LogP contribution < -0.4 is 29.6 Å². The zero-order valence-corrected chi connectivity index (χ0v) is 7.80. The van der Waals surface area contributed by atoms with E-state index in [2.05, 4.69) is 6.58 Å². The van der Waals surface area contributed by atoms with Crippen LogP contribution >= 0.6 is 0 Å². The Balaban J connectivity index is -0.000000245. The first-order chi connectivity index (χ1) is 3.91. The molecule has 0 heterocycles. The fraction of sp³-hybridized carbons (Fsp3) is 0.500. The average molecular weight is 138 g/mol. The first-order valence-corrected chi connectivity index (χ1v) is 2.58. The standard InChI is InChI=1S/C6H10O2.Na.H/c1-2-8-6-4-3-5-7;;/h2,5H,1,3-4,6H2;;/q;+1;-1. The number of aldehydes is 1. The van der Waals surface area contributed by atoms with Gasteiger partial charge in [-0.15, -0.1) is 0 Å². The van der Waals surface area contributed by atoms with Gasteiger partial charge >= 0.3 is 29.6 Å². The van der Waals surface area contributed by atoms with E-state index < -0.39 is 0 Å². The van der Waals surface area contributed by atoms with Crippen LogP contribution in [-0.2, 0) is 9.53 Å². The van der Waals surface area contributed by atoms with Crippen molar-refractivity contribution in [1.82, 2.24) is 0 Å². The second-order valence-electron chi connectivity index (χ2n) is 1.35. The molecule has 0 aliphatic carbocycles. The van der Waals surface area contributed by atoms with Gasteiger partial charge in [-0.1, -0.05) is 6.58 Å². The first-order valence-electron chi connectivity index (χ1n) is 2.58. The van der Waals surface area contributed by atoms with Crippen LogP contribution in [0.1, 0.15) is 14.3 Å². The molecule has 0 aromatic carbocycles. The van der Waals surface area contributed by atoms with Crippen LogP contribution in [0, 0.1) is 0 Å². The van der Waals surface area contributed by atoms with Crippen LogP contribution in [0.5, 0.6) is 0 Å². The molecule has 3 heteroatoms. The van der Waals surface area contributed by atoms with Gasteiger partial charge in [0.2, 0.25) is 0 Å². The zero-order valence-electron chi connectivity index (χ0n) is 6.80. The summed E-state index contributed by atoms with van der Waals surface area (Å²) in [6, 6.07) is 0. The maximum absolute atomic E-state index is 9.69. The van der Waals surface area contributed by atoms with Crippen molar-refractivity contribution in [1.29, 1.82) is 0 Å². The smallest absolute Gasteiger partial charge is 1.00 e. The quantitative estimate of drug-likeness (QED) is 0.195. The number of carbonyl (C=O) groups excluding carboxylic acids is 1. The molecule has 0 N–H and O–H groups in total. The summed E-state index contributed by atoms with van der Waals surface area (Å²) in [5, 5.41) is 0. The van der Waals surface area contributed by atoms with Gasteiger partial charge in [0, 0.05) is 6.42 Å². The minimum atomic E-state index is 0. The molecule has 0 unspecified atom stereocenters. The van der Waals surface area contributed by atoms with Crippen LogP contribution in [0.25, 0.3) is 0 Å². The second-order valence-corrected chi connectivity index (χ2v) is 1.35. The third kappa shape index (κ3) is 11.7. The molecular weight excluding hydrogens is 127 g/mol. The van der Waals surface area contributed by atoms with Gasteiger partial charge in [0.25, 0.3) is 0 Å². The van der Waals surface area contributed by atoms with Crippen LogP contribution in [0.2, 0.25) is 0 Å². The topological polar surface area (TPSA) is 26.3 Å². The third-order valence-corrected chi connectivity index (χ3v) is 0.702. The van der Waals surface area contributed by atoms with E-state index in [-0.39, 0.29) is 31.0 Å². The Morgan fingerprint density at radius 2 is 2.33 bits per heavy atom. The van der Waals surface area contributed by atoms with Crippen molar-refractivity contribution in [3.8, 4) is 0 Å². The van der Waals surface area contributed by atoms with Crippen molar-refractivity contribution < 1.29 is 40.5 Å². The van der Waals surface area contributed by atoms with E-state index >= 15 is 0 Å². The van der Waals surface area contributed by atoms with E-state index in [9.17, 15) is 4.79 Å². The van der Waals surface area contributed by atoms with Crippen LogP contribution in [0.4, 0.5) is 0 Å². The molecule has 2 nitrogen and oxygen atoms in total. The van der Waals surface area contributed by atoms with Gasteiger partial charge in [-0.2, -0.15) is 0 Å². The van der Waals surface area contributed by atoms with E-state index in [0.29, 0.717) is 13.0 Å². The molecule has 48 valence electrons. The summed E-state index contributed by atoms with van der Waals surface area (Å²) in [5.74, 6) is 0. The normalized spacial score (nSPS) is 7.11. The molecule has 0 aliphatic rings. The summed E-state index contributed by atoms with van der Waals surface area (Å²) < 4.78 is 4.74. The van der Waals surface area contributed by atoms with Gasteiger partial charge in [0.05, 0.1) is 12.9 Å². The van der Waals surface area contributed by atoms with Gasteiger partial charge in [-0.3, -0.25) is 0 Å². The number of rotatable bonds is 5. The summed E-state index contributed by atoms with van der Waals surface area (Å²) in [6.07, 6.45) is 3.63. The molecule has 0 saturated heterocycles. The first kappa shape index (κ1) is 11.9. The maximum Gasteiger partial charge on any atom is 1.00 e. The van der Waals surface area contributed by atoms with Crippen molar-refractivity contribution in [3.63, 3.8) is 0 Å². The molecule has 0 spiro atoms. The molecule has 0 aliphatic heterocycles. The molecule has 0 fully saturated rings. The Hall–Kier alpha value is 0.210. The Morgan fingerprint density at radius 1 is 1.67 bits per heavy atom. The summed E-state index contributed by atoms with van der Waals surface area (Å²) >= 11 is 0. The zero-order chi connectivity index (χ0) is 6.24. The second kappa shape index (κ2) is 11.1. The molecule has 0 saturated carbocycles. The molecule has 0 aromatic heterocycles. The molecule has 0 amide bonds. The molecule has 0 bridgehead atoms. The van der Waals surface area contributed by atoms with Gasteiger partial charge in [0.1, 0.15) is 6.29 Å². The van der Waals surface area contributed by atoms with E-state index in [1.165, 1.54) is 6.26 Å². The molecule has 0 atom stereocenters. The molecule has 0 aromatic rings.